The topological polar surface area (TPSA) is 71.3 Å². The van der Waals surface area contributed by atoms with Gasteiger partial charge in [0, 0.05) is 30.7 Å². The molecule has 2 N–H and O–H groups in total. The Kier molecular flexibility index (Phi) is 3.78. The van der Waals surface area contributed by atoms with Gasteiger partial charge in [-0.15, -0.1) is 11.3 Å². The summed E-state index contributed by atoms with van der Waals surface area (Å²) in [6.07, 6.45) is 4.14. The molecule has 18 heavy (non-hydrogen) atoms. The Hall–Kier alpha value is -2.08. The van der Waals surface area contributed by atoms with Gasteiger partial charge in [0.2, 0.25) is 5.91 Å². The predicted molar refractivity (Wildman–Crippen MR) is 69.0 cm³/mol. The summed E-state index contributed by atoms with van der Waals surface area (Å²) in [7, 11) is 0. The fourth-order valence-corrected chi connectivity index (χ4v) is 2.25. The number of hydrogen-bond donors (Lipinski definition) is 2. The number of nitrogens with zero attached hydrogens (tertiary/aromatic N) is 1. The number of aromatic carboxylic acids is 1. The number of amides is 1. The third-order valence-corrected chi connectivity index (χ3v) is 3.22. The number of aromatic nitrogens is 1. The van der Waals surface area contributed by atoms with Crippen molar-refractivity contribution in [1.82, 2.24) is 4.57 Å². The number of thiophene rings is 1. The van der Waals surface area contributed by atoms with Crippen LogP contribution in [-0.4, -0.2) is 21.6 Å². The minimum atomic E-state index is -0.987. The van der Waals surface area contributed by atoms with E-state index in [0.717, 1.165) is 0 Å². The Labute approximate surface area is 108 Å². The molecule has 0 aliphatic rings. The van der Waals surface area contributed by atoms with E-state index in [0.29, 0.717) is 18.0 Å². The largest absolute Gasteiger partial charge is 0.478 e. The lowest BCUT2D eigenvalue weighted by atomic mass is 10.3. The molecule has 6 heteroatoms. The molecule has 0 saturated carbocycles. The number of carbonyl (C=O) groups excluding carboxylic acids is 1. The molecule has 0 bridgehead atoms. The molecule has 0 atom stereocenters. The molecular weight excluding hydrogens is 252 g/mol. The Balaban J connectivity index is 1.85. The zero-order chi connectivity index (χ0) is 13.0. The number of carboxylic acids is 1. The van der Waals surface area contributed by atoms with Crippen LogP contribution in [0.2, 0.25) is 0 Å². The van der Waals surface area contributed by atoms with Gasteiger partial charge in [0.15, 0.2) is 0 Å². The van der Waals surface area contributed by atoms with E-state index in [1.54, 1.807) is 0 Å². The maximum atomic E-state index is 11.6. The van der Waals surface area contributed by atoms with Crippen LogP contribution in [0.25, 0.3) is 0 Å². The SMILES string of the molecule is O=C(CCn1cccc1)Nc1cc(C(=O)O)cs1. The molecule has 2 heterocycles. The molecule has 5 nitrogen and oxygen atoms in total. The molecule has 94 valence electrons. The number of hydrogen-bond acceptors (Lipinski definition) is 3. The molecule has 2 aromatic rings. The van der Waals surface area contributed by atoms with Crippen LogP contribution in [0.15, 0.2) is 36.0 Å². The lowest BCUT2D eigenvalue weighted by Crippen LogP contribution is -2.13. The zero-order valence-electron chi connectivity index (χ0n) is 9.50. The summed E-state index contributed by atoms with van der Waals surface area (Å²) in [5.41, 5.74) is 0.195. The third kappa shape index (κ3) is 3.21. The number of nitrogens with one attached hydrogen (secondary N) is 1. The minimum absolute atomic E-state index is 0.123. The maximum absolute atomic E-state index is 11.6. The quantitative estimate of drug-likeness (QED) is 0.870. The van der Waals surface area contributed by atoms with Gasteiger partial charge in [-0.3, -0.25) is 4.79 Å². The minimum Gasteiger partial charge on any atom is -0.478 e. The predicted octanol–water partition coefficient (Wildman–Crippen LogP) is 2.28. The summed E-state index contributed by atoms with van der Waals surface area (Å²) in [5, 5.41) is 13.5. The molecule has 2 rings (SSSR count). The monoisotopic (exact) mass is 264 g/mol. The zero-order valence-corrected chi connectivity index (χ0v) is 10.3. The van der Waals surface area contributed by atoms with E-state index in [4.69, 9.17) is 5.11 Å². The summed E-state index contributed by atoms with van der Waals surface area (Å²) in [5.74, 6) is -1.11. The van der Waals surface area contributed by atoms with Crippen LogP contribution < -0.4 is 5.32 Å². The fourth-order valence-electron chi connectivity index (χ4n) is 1.46. The first-order valence-corrected chi connectivity index (χ1v) is 6.25. The average Bonchev–Trinajstić information content (AvgIpc) is 2.96. The fraction of sp³-hybridized carbons (Fsp3) is 0.167. The van der Waals surface area contributed by atoms with Gasteiger partial charge < -0.3 is 15.0 Å². The summed E-state index contributed by atoms with van der Waals surface area (Å²) < 4.78 is 1.91. The molecule has 0 spiro atoms. The van der Waals surface area contributed by atoms with E-state index in [1.807, 2.05) is 29.1 Å². The number of carbonyl (C=O) groups is 2. The van der Waals surface area contributed by atoms with E-state index < -0.39 is 5.97 Å². The Morgan fingerprint density at radius 2 is 2.06 bits per heavy atom. The van der Waals surface area contributed by atoms with Crippen molar-refractivity contribution < 1.29 is 14.7 Å². The number of aryl methyl sites for hydroxylation is 1. The third-order valence-electron chi connectivity index (χ3n) is 2.37. The van der Waals surface area contributed by atoms with Gasteiger partial charge >= 0.3 is 5.97 Å². The van der Waals surface area contributed by atoms with Crippen LogP contribution >= 0.6 is 11.3 Å². The van der Waals surface area contributed by atoms with E-state index in [2.05, 4.69) is 5.32 Å². The van der Waals surface area contributed by atoms with Gasteiger partial charge in [0.25, 0.3) is 0 Å². The highest BCUT2D eigenvalue weighted by Gasteiger charge is 2.08. The van der Waals surface area contributed by atoms with Crippen LogP contribution in [0.3, 0.4) is 0 Å². The van der Waals surface area contributed by atoms with Gasteiger partial charge in [0.05, 0.1) is 10.6 Å². The second-order valence-corrected chi connectivity index (χ2v) is 4.64. The maximum Gasteiger partial charge on any atom is 0.336 e. The van der Waals surface area contributed by atoms with Crippen molar-refractivity contribution in [1.29, 1.82) is 0 Å². The lowest BCUT2D eigenvalue weighted by Gasteiger charge is -2.03. The van der Waals surface area contributed by atoms with Gasteiger partial charge in [-0.25, -0.2) is 4.79 Å². The molecule has 1 amide bonds. The second-order valence-electron chi connectivity index (χ2n) is 3.72. The van der Waals surface area contributed by atoms with E-state index in [1.165, 1.54) is 22.8 Å². The molecule has 0 fully saturated rings. The highest BCUT2D eigenvalue weighted by molar-refractivity contribution is 7.14. The highest BCUT2D eigenvalue weighted by atomic mass is 32.1. The van der Waals surface area contributed by atoms with Crippen LogP contribution in [-0.2, 0) is 11.3 Å². The molecule has 0 unspecified atom stereocenters. The van der Waals surface area contributed by atoms with Gasteiger partial charge in [-0.1, -0.05) is 0 Å². The van der Waals surface area contributed by atoms with Crippen molar-refractivity contribution in [2.24, 2.45) is 0 Å². The lowest BCUT2D eigenvalue weighted by molar-refractivity contribution is -0.116. The van der Waals surface area contributed by atoms with Crippen LogP contribution in [0.1, 0.15) is 16.8 Å². The standard InChI is InChI=1S/C12H12N2O3S/c15-10(3-6-14-4-1-2-5-14)13-11-7-9(8-18-11)12(16)17/h1-2,4-5,7-8H,3,6H2,(H,13,15)(H,16,17). The first-order valence-electron chi connectivity index (χ1n) is 5.37. The first kappa shape index (κ1) is 12.4. The molecule has 0 aromatic carbocycles. The van der Waals surface area contributed by atoms with Crippen LogP contribution in [0.4, 0.5) is 5.00 Å². The Morgan fingerprint density at radius 1 is 1.33 bits per heavy atom. The summed E-state index contributed by atoms with van der Waals surface area (Å²) in [6, 6.07) is 5.26. The van der Waals surface area contributed by atoms with Gasteiger partial charge in [-0.2, -0.15) is 0 Å². The molecular formula is C12H12N2O3S. The number of anilines is 1. The molecule has 0 radical (unpaired) electrons. The normalized spacial score (nSPS) is 10.2. The smallest absolute Gasteiger partial charge is 0.336 e. The van der Waals surface area contributed by atoms with Gasteiger partial charge in [0.1, 0.15) is 0 Å². The average molecular weight is 264 g/mol. The first-order chi connectivity index (χ1) is 8.65. The highest BCUT2D eigenvalue weighted by Crippen LogP contribution is 2.20. The molecule has 0 aliphatic heterocycles. The second kappa shape index (κ2) is 5.50. The van der Waals surface area contributed by atoms with Crippen molar-refractivity contribution in [3.05, 3.63) is 41.5 Å². The van der Waals surface area contributed by atoms with E-state index in [-0.39, 0.29) is 11.5 Å². The molecule has 2 aromatic heterocycles. The molecule has 0 saturated heterocycles. The van der Waals surface area contributed by atoms with Crippen molar-refractivity contribution in [3.63, 3.8) is 0 Å². The Bertz CT molecular complexity index is 545. The number of rotatable bonds is 5. The summed E-state index contributed by atoms with van der Waals surface area (Å²) in [4.78, 5) is 22.3. The summed E-state index contributed by atoms with van der Waals surface area (Å²) in [6.45, 7) is 0.607. The number of carboxylic acid groups (broad SMARTS) is 1. The summed E-state index contributed by atoms with van der Waals surface area (Å²) >= 11 is 1.21. The van der Waals surface area contributed by atoms with Crippen LogP contribution in [0, 0.1) is 0 Å². The van der Waals surface area contributed by atoms with Crippen molar-refractivity contribution in [2.75, 3.05) is 5.32 Å². The van der Waals surface area contributed by atoms with E-state index in [9.17, 15) is 9.59 Å². The van der Waals surface area contributed by atoms with E-state index >= 15 is 0 Å². The van der Waals surface area contributed by atoms with Crippen molar-refractivity contribution in [3.8, 4) is 0 Å². The Morgan fingerprint density at radius 3 is 2.67 bits per heavy atom. The molecule has 0 aliphatic carbocycles. The van der Waals surface area contributed by atoms with Crippen molar-refractivity contribution >= 4 is 28.2 Å². The van der Waals surface area contributed by atoms with Crippen molar-refractivity contribution in [2.45, 2.75) is 13.0 Å². The van der Waals surface area contributed by atoms with Gasteiger partial charge in [-0.05, 0) is 18.2 Å². The van der Waals surface area contributed by atoms with Crippen LogP contribution in [0.5, 0.6) is 0 Å².